The highest BCUT2D eigenvalue weighted by atomic mass is 19.1. The first-order valence-corrected chi connectivity index (χ1v) is 7.37. The lowest BCUT2D eigenvalue weighted by Gasteiger charge is -2.09. The summed E-state index contributed by atoms with van der Waals surface area (Å²) in [7, 11) is 0. The highest BCUT2D eigenvalue weighted by Gasteiger charge is 2.11. The van der Waals surface area contributed by atoms with Crippen LogP contribution in [0.2, 0.25) is 0 Å². The van der Waals surface area contributed by atoms with Gasteiger partial charge in [0.05, 0.1) is 16.9 Å². The van der Waals surface area contributed by atoms with Gasteiger partial charge in [-0.1, -0.05) is 0 Å². The lowest BCUT2D eigenvalue weighted by molar-refractivity contribution is 0.102. The molecule has 0 radical (unpaired) electrons. The Morgan fingerprint density at radius 1 is 0.808 bits per heavy atom. The Hall–Kier alpha value is -3.42. The third-order valence-electron chi connectivity index (χ3n) is 3.40. The molecule has 132 valence electrons. The number of benzene rings is 2. The maximum atomic E-state index is 13.6. The first-order chi connectivity index (χ1) is 12.4. The van der Waals surface area contributed by atoms with Crippen molar-refractivity contribution in [2.75, 3.05) is 10.6 Å². The van der Waals surface area contributed by atoms with Gasteiger partial charge in [0.15, 0.2) is 0 Å². The van der Waals surface area contributed by atoms with Crippen LogP contribution in [0.1, 0.15) is 10.4 Å². The fraction of sp³-hybridized carbons (Fsp3) is 0. The maximum absolute atomic E-state index is 13.6. The fourth-order valence-electron chi connectivity index (χ4n) is 2.12. The van der Waals surface area contributed by atoms with E-state index in [1.165, 1.54) is 24.4 Å². The van der Waals surface area contributed by atoms with Gasteiger partial charge in [0.1, 0.15) is 29.1 Å². The molecule has 3 rings (SSSR count). The molecule has 0 aliphatic rings. The van der Waals surface area contributed by atoms with Crippen LogP contribution in [0, 0.1) is 23.3 Å². The molecule has 0 bridgehead atoms. The molecular weight excluding hydrogens is 350 g/mol. The molecule has 0 spiro atoms. The molecule has 26 heavy (non-hydrogen) atoms. The molecule has 4 nitrogen and oxygen atoms in total. The van der Waals surface area contributed by atoms with Gasteiger partial charge < -0.3 is 10.6 Å². The summed E-state index contributed by atoms with van der Waals surface area (Å²) in [6.45, 7) is 0. The van der Waals surface area contributed by atoms with Gasteiger partial charge in [0, 0.05) is 18.3 Å². The number of hydrogen-bond donors (Lipinski definition) is 2. The number of rotatable bonds is 4. The van der Waals surface area contributed by atoms with Crippen LogP contribution >= 0.6 is 0 Å². The standard InChI is InChI=1S/C18H11F4N3O/c19-11-2-4-15(13(21)7-11)24-17-6-1-10(9-23-17)18(26)25-16-5-3-12(20)8-14(16)22/h1-9H,(H,23,24)(H,25,26). The van der Waals surface area contributed by atoms with Crippen LogP contribution in [-0.4, -0.2) is 10.9 Å². The van der Waals surface area contributed by atoms with Crippen LogP contribution in [0.15, 0.2) is 54.7 Å². The third-order valence-corrected chi connectivity index (χ3v) is 3.40. The number of pyridine rings is 1. The minimum atomic E-state index is -0.906. The topological polar surface area (TPSA) is 54.0 Å². The van der Waals surface area contributed by atoms with Crippen molar-refractivity contribution < 1.29 is 22.4 Å². The van der Waals surface area contributed by atoms with Gasteiger partial charge in [-0.2, -0.15) is 0 Å². The minimum absolute atomic E-state index is 0.0180. The van der Waals surface area contributed by atoms with Crippen LogP contribution in [0.3, 0.4) is 0 Å². The van der Waals surface area contributed by atoms with Crippen LogP contribution < -0.4 is 10.6 Å². The number of carbonyl (C=O) groups is 1. The molecule has 2 aromatic carbocycles. The van der Waals surface area contributed by atoms with Crippen molar-refractivity contribution in [1.29, 1.82) is 0 Å². The number of nitrogens with zero attached hydrogens (tertiary/aromatic N) is 1. The monoisotopic (exact) mass is 361 g/mol. The zero-order chi connectivity index (χ0) is 18.7. The summed E-state index contributed by atoms with van der Waals surface area (Å²) in [6.07, 6.45) is 1.19. The van der Waals surface area contributed by atoms with Crippen LogP contribution in [0.25, 0.3) is 0 Å². The molecule has 8 heteroatoms. The van der Waals surface area contributed by atoms with E-state index >= 15 is 0 Å². The number of hydrogen-bond acceptors (Lipinski definition) is 3. The average molecular weight is 361 g/mol. The van der Waals surface area contributed by atoms with E-state index in [0.29, 0.717) is 6.07 Å². The van der Waals surface area contributed by atoms with Crippen molar-refractivity contribution in [1.82, 2.24) is 4.98 Å². The van der Waals surface area contributed by atoms with E-state index in [2.05, 4.69) is 15.6 Å². The van der Waals surface area contributed by atoms with Crippen molar-refractivity contribution in [3.63, 3.8) is 0 Å². The Morgan fingerprint density at radius 2 is 1.42 bits per heavy atom. The number of amides is 1. The SMILES string of the molecule is O=C(Nc1ccc(F)cc1F)c1ccc(Nc2ccc(F)cc2F)nc1. The quantitative estimate of drug-likeness (QED) is 0.666. The Bertz CT molecular complexity index is 961. The lowest BCUT2D eigenvalue weighted by atomic mass is 10.2. The molecule has 0 aliphatic carbocycles. The van der Waals surface area contributed by atoms with Crippen LogP contribution in [0.5, 0.6) is 0 Å². The summed E-state index contributed by atoms with van der Waals surface area (Å²) in [5.74, 6) is -3.59. The number of anilines is 3. The second-order valence-electron chi connectivity index (χ2n) is 5.26. The van der Waals surface area contributed by atoms with E-state index in [4.69, 9.17) is 0 Å². The molecule has 0 atom stereocenters. The normalized spacial score (nSPS) is 10.5. The van der Waals surface area contributed by atoms with E-state index in [1.807, 2.05) is 0 Å². The second kappa shape index (κ2) is 7.22. The maximum Gasteiger partial charge on any atom is 0.257 e. The molecule has 1 aromatic heterocycles. The lowest BCUT2D eigenvalue weighted by Crippen LogP contribution is -2.13. The largest absolute Gasteiger partial charge is 0.338 e. The van der Waals surface area contributed by atoms with Gasteiger partial charge in [-0.3, -0.25) is 4.79 Å². The third kappa shape index (κ3) is 3.97. The van der Waals surface area contributed by atoms with E-state index in [1.54, 1.807) is 0 Å². The summed E-state index contributed by atoms with van der Waals surface area (Å²) in [5, 5.41) is 4.94. The zero-order valence-corrected chi connectivity index (χ0v) is 13.1. The first kappa shape index (κ1) is 17.4. The van der Waals surface area contributed by atoms with Gasteiger partial charge >= 0.3 is 0 Å². The number of nitrogens with one attached hydrogen (secondary N) is 2. The molecule has 1 amide bonds. The Morgan fingerprint density at radius 3 is 1.96 bits per heavy atom. The smallest absolute Gasteiger partial charge is 0.257 e. The molecular formula is C18H11F4N3O. The van der Waals surface area contributed by atoms with Crippen molar-refractivity contribution in [3.8, 4) is 0 Å². The zero-order valence-electron chi connectivity index (χ0n) is 13.1. The van der Waals surface area contributed by atoms with Gasteiger partial charge in [0.2, 0.25) is 0 Å². The van der Waals surface area contributed by atoms with E-state index in [9.17, 15) is 22.4 Å². The summed E-state index contributed by atoms with van der Waals surface area (Å²) >= 11 is 0. The summed E-state index contributed by atoms with van der Waals surface area (Å²) in [4.78, 5) is 16.0. The molecule has 0 saturated carbocycles. The summed E-state index contributed by atoms with van der Waals surface area (Å²) < 4.78 is 52.9. The van der Waals surface area contributed by atoms with Gasteiger partial charge in [-0.05, 0) is 36.4 Å². The predicted molar refractivity (Wildman–Crippen MR) is 88.2 cm³/mol. The van der Waals surface area contributed by atoms with Crippen LogP contribution in [-0.2, 0) is 0 Å². The van der Waals surface area contributed by atoms with Crippen LogP contribution in [0.4, 0.5) is 34.8 Å². The summed E-state index contributed by atoms with van der Waals surface area (Å²) in [5.41, 5.74) is -0.0460. The number of aromatic nitrogens is 1. The van der Waals surface area contributed by atoms with Crippen molar-refractivity contribution in [3.05, 3.63) is 83.6 Å². The number of carbonyl (C=O) groups excluding carboxylic acids is 1. The molecule has 2 N–H and O–H groups in total. The molecule has 3 aromatic rings. The van der Waals surface area contributed by atoms with Gasteiger partial charge in [-0.25, -0.2) is 22.5 Å². The highest BCUT2D eigenvalue weighted by Crippen LogP contribution is 2.20. The average Bonchev–Trinajstić information content (AvgIpc) is 2.60. The van der Waals surface area contributed by atoms with Crippen molar-refractivity contribution in [2.45, 2.75) is 0 Å². The highest BCUT2D eigenvalue weighted by molar-refractivity contribution is 6.04. The van der Waals surface area contributed by atoms with E-state index in [-0.39, 0.29) is 22.8 Å². The van der Waals surface area contributed by atoms with Gasteiger partial charge in [0.25, 0.3) is 5.91 Å². The summed E-state index contributed by atoms with van der Waals surface area (Å²) in [6, 6.07) is 8.57. The second-order valence-corrected chi connectivity index (χ2v) is 5.26. The minimum Gasteiger partial charge on any atom is -0.338 e. The van der Waals surface area contributed by atoms with Crippen molar-refractivity contribution >= 4 is 23.1 Å². The predicted octanol–water partition coefficient (Wildman–Crippen LogP) is 4.63. The fourth-order valence-corrected chi connectivity index (χ4v) is 2.12. The Labute approximate surface area is 145 Å². The molecule has 0 saturated heterocycles. The van der Waals surface area contributed by atoms with Crippen molar-refractivity contribution in [2.24, 2.45) is 0 Å². The molecule has 0 unspecified atom stereocenters. The molecule has 1 heterocycles. The molecule has 0 aliphatic heterocycles. The van der Waals surface area contributed by atoms with E-state index in [0.717, 1.165) is 24.3 Å². The first-order valence-electron chi connectivity index (χ1n) is 7.37. The van der Waals surface area contributed by atoms with Gasteiger partial charge in [-0.15, -0.1) is 0 Å². The van der Waals surface area contributed by atoms with E-state index < -0.39 is 29.2 Å². The number of halogens is 4. The Balaban J connectivity index is 1.71. The molecule has 0 fully saturated rings. The Kier molecular flexibility index (Phi) is 4.83.